The van der Waals surface area contributed by atoms with Gasteiger partial charge in [0.15, 0.2) is 5.11 Å². The smallest absolute Gasteiger partial charge is 0.306 e. The molecule has 30 heavy (non-hydrogen) atoms. The Morgan fingerprint density at radius 1 is 0.967 bits per heavy atom. The van der Waals surface area contributed by atoms with Gasteiger partial charge in [-0.3, -0.25) is 14.4 Å². The average molecular weight is 428 g/mol. The van der Waals surface area contributed by atoms with E-state index in [0.717, 1.165) is 5.56 Å². The standard InChI is InChI=1S/C22H25N3O4S/c1-25(2)21(28)17-8-10-18(11-9-17)23-22(30)24-19(26)12-13-20(27)29-15-14-16-6-4-3-5-7-16/h3-11H,12-15H2,1-2H3,(H2,23,24,26,30). The molecule has 0 saturated carbocycles. The number of benzene rings is 2. The second-order valence-electron chi connectivity index (χ2n) is 6.74. The Kier molecular flexibility index (Phi) is 8.96. The summed E-state index contributed by atoms with van der Waals surface area (Å²) >= 11 is 5.11. The van der Waals surface area contributed by atoms with Crippen molar-refractivity contribution in [1.29, 1.82) is 0 Å². The molecule has 0 heterocycles. The van der Waals surface area contributed by atoms with E-state index in [0.29, 0.717) is 17.7 Å². The zero-order valence-corrected chi connectivity index (χ0v) is 17.8. The van der Waals surface area contributed by atoms with Gasteiger partial charge in [0.2, 0.25) is 5.91 Å². The molecule has 2 amide bonds. The lowest BCUT2D eigenvalue weighted by Gasteiger charge is -2.12. The summed E-state index contributed by atoms with van der Waals surface area (Å²) in [6.45, 7) is 0.275. The topological polar surface area (TPSA) is 87.7 Å². The van der Waals surface area contributed by atoms with Gasteiger partial charge in [-0.15, -0.1) is 0 Å². The molecule has 2 aromatic rings. The molecule has 0 aromatic heterocycles. The molecule has 7 nitrogen and oxygen atoms in total. The fraction of sp³-hybridized carbons (Fsp3) is 0.273. The number of amides is 2. The first-order chi connectivity index (χ1) is 14.3. The Hall–Kier alpha value is -3.26. The predicted octanol–water partition coefficient (Wildman–Crippen LogP) is 2.77. The van der Waals surface area contributed by atoms with Gasteiger partial charge in [-0.1, -0.05) is 30.3 Å². The Bertz CT molecular complexity index is 883. The van der Waals surface area contributed by atoms with Crippen LogP contribution in [-0.2, 0) is 20.7 Å². The van der Waals surface area contributed by atoms with Crippen LogP contribution in [0.4, 0.5) is 5.69 Å². The molecule has 8 heteroatoms. The van der Waals surface area contributed by atoms with Crippen molar-refractivity contribution in [2.75, 3.05) is 26.0 Å². The number of nitrogens with one attached hydrogen (secondary N) is 2. The molecule has 2 rings (SSSR count). The fourth-order valence-electron chi connectivity index (χ4n) is 2.52. The van der Waals surface area contributed by atoms with Gasteiger partial charge in [-0.25, -0.2) is 0 Å². The highest BCUT2D eigenvalue weighted by Crippen LogP contribution is 2.11. The van der Waals surface area contributed by atoms with Crippen molar-refractivity contribution in [3.8, 4) is 0 Å². The lowest BCUT2D eigenvalue weighted by molar-refractivity contribution is -0.144. The third-order valence-electron chi connectivity index (χ3n) is 4.10. The van der Waals surface area contributed by atoms with Crippen LogP contribution in [0.2, 0.25) is 0 Å². The van der Waals surface area contributed by atoms with Gasteiger partial charge in [-0.2, -0.15) is 0 Å². The molecule has 0 fully saturated rings. The highest BCUT2D eigenvalue weighted by atomic mass is 32.1. The van der Waals surface area contributed by atoms with Crippen LogP contribution in [0.15, 0.2) is 54.6 Å². The second kappa shape index (κ2) is 11.7. The first-order valence-corrected chi connectivity index (χ1v) is 9.88. The Morgan fingerprint density at radius 2 is 1.63 bits per heavy atom. The van der Waals surface area contributed by atoms with Crippen molar-refractivity contribution in [3.05, 3.63) is 65.7 Å². The zero-order chi connectivity index (χ0) is 21.9. The van der Waals surface area contributed by atoms with E-state index in [9.17, 15) is 14.4 Å². The number of carbonyl (C=O) groups excluding carboxylic acids is 3. The number of hydrogen-bond acceptors (Lipinski definition) is 5. The molecule has 0 saturated heterocycles. The lowest BCUT2D eigenvalue weighted by Crippen LogP contribution is -2.34. The molecule has 0 aliphatic rings. The molecule has 0 aliphatic carbocycles. The van der Waals surface area contributed by atoms with Gasteiger partial charge in [0.25, 0.3) is 5.91 Å². The molecular weight excluding hydrogens is 402 g/mol. The van der Waals surface area contributed by atoms with Crippen LogP contribution < -0.4 is 10.6 Å². The Balaban J connectivity index is 1.67. The number of rotatable bonds is 8. The van der Waals surface area contributed by atoms with Crippen molar-refractivity contribution in [2.45, 2.75) is 19.3 Å². The zero-order valence-electron chi connectivity index (χ0n) is 17.0. The summed E-state index contributed by atoms with van der Waals surface area (Å²) in [5.74, 6) is -0.916. The number of ether oxygens (including phenoxy) is 1. The average Bonchev–Trinajstić information content (AvgIpc) is 2.73. The van der Waals surface area contributed by atoms with E-state index in [1.54, 1.807) is 38.4 Å². The van der Waals surface area contributed by atoms with Gasteiger partial charge >= 0.3 is 5.97 Å². The Morgan fingerprint density at radius 3 is 2.27 bits per heavy atom. The van der Waals surface area contributed by atoms with Crippen LogP contribution in [-0.4, -0.2) is 48.5 Å². The molecule has 2 aromatic carbocycles. The summed E-state index contributed by atoms with van der Waals surface area (Å²) in [5.41, 5.74) is 2.26. The molecule has 2 N–H and O–H groups in total. The van der Waals surface area contributed by atoms with E-state index in [-0.39, 0.29) is 36.4 Å². The number of anilines is 1. The normalized spacial score (nSPS) is 10.1. The fourth-order valence-corrected chi connectivity index (χ4v) is 2.75. The summed E-state index contributed by atoms with van der Waals surface area (Å²) in [7, 11) is 3.36. The molecule has 0 unspecified atom stereocenters. The maximum atomic E-state index is 12.0. The van der Waals surface area contributed by atoms with Crippen molar-refractivity contribution in [3.63, 3.8) is 0 Å². The summed E-state index contributed by atoms with van der Waals surface area (Å²) in [4.78, 5) is 37.1. The first kappa shape index (κ1) is 23.0. The van der Waals surface area contributed by atoms with Crippen molar-refractivity contribution < 1.29 is 19.1 Å². The number of esters is 1. The summed E-state index contributed by atoms with van der Waals surface area (Å²) in [6.07, 6.45) is 0.582. The third-order valence-corrected chi connectivity index (χ3v) is 4.31. The summed E-state index contributed by atoms with van der Waals surface area (Å²) in [6, 6.07) is 16.4. The van der Waals surface area contributed by atoms with Crippen LogP contribution in [0.25, 0.3) is 0 Å². The second-order valence-corrected chi connectivity index (χ2v) is 7.14. The largest absolute Gasteiger partial charge is 0.465 e. The van der Waals surface area contributed by atoms with E-state index in [2.05, 4.69) is 10.6 Å². The highest BCUT2D eigenvalue weighted by molar-refractivity contribution is 7.80. The van der Waals surface area contributed by atoms with Gasteiger partial charge in [0, 0.05) is 38.2 Å². The summed E-state index contributed by atoms with van der Waals surface area (Å²) < 4.78 is 5.15. The number of carbonyl (C=O) groups is 3. The SMILES string of the molecule is CN(C)C(=O)c1ccc(NC(=S)NC(=O)CCC(=O)OCCc2ccccc2)cc1. The minimum Gasteiger partial charge on any atom is -0.465 e. The minimum absolute atomic E-state index is 0.0232. The maximum absolute atomic E-state index is 12.0. The van der Waals surface area contributed by atoms with Gasteiger partial charge in [0.1, 0.15) is 0 Å². The first-order valence-electron chi connectivity index (χ1n) is 9.47. The van der Waals surface area contributed by atoms with Gasteiger partial charge in [-0.05, 0) is 42.0 Å². The van der Waals surface area contributed by atoms with Crippen LogP contribution in [0.5, 0.6) is 0 Å². The molecule has 0 radical (unpaired) electrons. The van der Waals surface area contributed by atoms with Crippen molar-refractivity contribution >= 4 is 40.8 Å². The Labute approximate surface area is 181 Å². The van der Waals surface area contributed by atoms with Crippen molar-refractivity contribution in [1.82, 2.24) is 10.2 Å². The van der Waals surface area contributed by atoms with Crippen LogP contribution in [0, 0.1) is 0 Å². The molecule has 158 valence electrons. The molecule has 0 aliphatic heterocycles. The quantitative estimate of drug-likeness (QED) is 0.498. The van der Waals surface area contributed by atoms with E-state index >= 15 is 0 Å². The minimum atomic E-state index is -0.430. The van der Waals surface area contributed by atoms with E-state index in [1.807, 2.05) is 30.3 Å². The van der Waals surface area contributed by atoms with Gasteiger partial charge < -0.3 is 20.3 Å². The monoisotopic (exact) mass is 427 g/mol. The molecular formula is C22H25N3O4S. The highest BCUT2D eigenvalue weighted by Gasteiger charge is 2.11. The van der Waals surface area contributed by atoms with E-state index in [1.165, 1.54) is 4.90 Å². The predicted molar refractivity (Wildman–Crippen MR) is 119 cm³/mol. The maximum Gasteiger partial charge on any atom is 0.306 e. The number of thiocarbonyl (C=S) groups is 1. The van der Waals surface area contributed by atoms with Crippen LogP contribution in [0.3, 0.4) is 0 Å². The molecule has 0 spiro atoms. The van der Waals surface area contributed by atoms with Crippen molar-refractivity contribution in [2.24, 2.45) is 0 Å². The number of nitrogens with zero attached hydrogens (tertiary/aromatic N) is 1. The van der Waals surface area contributed by atoms with E-state index < -0.39 is 5.97 Å². The van der Waals surface area contributed by atoms with Crippen LogP contribution in [0.1, 0.15) is 28.8 Å². The molecule has 0 atom stereocenters. The van der Waals surface area contributed by atoms with Gasteiger partial charge in [0.05, 0.1) is 13.0 Å². The third kappa shape index (κ3) is 8.00. The summed E-state index contributed by atoms with van der Waals surface area (Å²) in [5, 5.41) is 5.50. The molecule has 0 bridgehead atoms. The lowest BCUT2D eigenvalue weighted by atomic mass is 10.2. The van der Waals surface area contributed by atoms with Crippen LogP contribution >= 0.6 is 12.2 Å². The van der Waals surface area contributed by atoms with E-state index in [4.69, 9.17) is 17.0 Å². The number of hydrogen-bond donors (Lipinski definition) is 2.